The van der Waals surface area contributed by atoms with E-state index in [1.165, 1.54) is 11.3 Å². The summed E-state index contributed by atoms with van der Waals surface area (Å²) in [7, 11) is -3.69. The molecule has 2 aromatic rings. The lowest BCUT2D eigenvalue weighted by Gasteiger charge is -2.15. The summed E-state index contributed by atoms with van der Waals surface area (Å²) < 4.78 is 27.6. The number of thiophene rings is 1. The maximum absolute atomic E-state index is 12.4. The quantitative estimate of drug-likeness (QED) is 0.837. The molecular formula is C16H20N2O3S2. The Hall–Kier alpha value is -1.86. The number of hydrogen-bond acceptors (Lipinski definition) is 4. The fraction of sp³-hybridized carbons (Fsp3) is 0.312. The van der Waals surface area contributed by atoms with Gasteiger partial charge in [-0.1, -0.05) is 19.1 Å². The first-order valence-electron chi connectivity index (χ1n) is 7.32. The van der Waals surface area contributed by atoms with Crippen LogP contribution < -0.4 is 10.0 Å². The molecule has 1 aromatic carbocycles. The third kappa shape index (κ3) is 4.33. The van der Waals surface area contributed by atoms with Crippen molar-refractivity contribution in [1.82, 2.24) is 5.32 Å². The van der Waals surface area contributed by atoms with Crippen molar-refractivity contribution < 1.29 is 13.2 Å². The first-order chi connectivity index (χ1) is 10.8. The lowest BCUT2D eigenvalue weighted by atomic mass is 10.1. The van der Waals surface area contributed by atoms with Gasteiger partial charge in [-0.3, -0.25) is 9.52 Å². The van der Waals surface area contributed by atoms with E-state index < -0.39 is 10.0 Å². The fourth-order valence-electron chi connectivity index (χ4n) is 1.93. The first-order valence-corrected chi connectivity index (χ1v) is 9.62. The number of para-hydroxylation sites is 1. The largest absolute Gasteiger partial charge is 0.350 e. The zero-order valence-corrected chi connectivity index (χ0v) is 14.9. The maximum Gasteiger partial charge on any atom is 0.271 e. The van der Waals surface area contributed by atoms with Crippen LogP contribution in [0, 0.1) is 6.92 Å². The van der Waals surface area contributed by atoms with Crippen molar-refractivity contribution >= 4 is 33.0 Å². The first kappa shape index (κ1) is 17.5. The Kier molecular flexibility index (Phi) is 5.43. The van der Waals surface area contributed by atoms with Gasteiger partial charge in [0.1, 0.15) is 4.21 Å². The lowest BCUT2D eigenvalue weighted by Crippen LogP contribution is -2.32. The second-order valence-electron chi connectivity index (χ2n) is 5.30. The van der Waals surface area contributed by atoms with Crippen LogP contribution in [0.5, 0.6) is 0 Å². The summed E-state index contributed by atoms with van der Waals surface area (Å²) in [6, 6.07) is 9.92. The fourth-order valence-corrected chi connectivity index (χ4v) is 4.29. The number of aryl methyl sites for hydroxylation is 1. The Morgan fingerprint density at radius 3 is 2.52 bits per heavy atom. The van der Waals surface area contributed by atoms with E-state index in [4.69, 9.17) is 0 Å². The molecule has 1 atom stereocenters. The van der Waals surface area contributed by atoms with Gasteiger partial charge in [0.25, 0.3) is 15.9 Å². The molecule has 0 aliphatic heterocycles. The molecule has 23 heavy (non-hydrogen) atoms. The van der Waals surface area contributed by atoms with Crippen LogP contribution in [0.2, 0.25) is 0 Å². The number of sulfonamides is 1. The van der Waals surface area contributed by atoms with E-state index in [2.05, 4.69) is 10.0 Å². The Morgan fingerprint density at radius 2 is 1.91 bits per heavy atom. The number of anilines is 1. The van der Waals surface area contributed by atoms with Gasteiger partial charge in [0.2, 0.25) is 0 Å². The average Bonchev–Trinajstić information content (AvgIpc) is 2.94. The highest BCUT2D eigenvalue weighted by Crippen LogP contribution is 2.25. The molecule has 0 saturated heterocycles. The van der Waals surface area contributed by atoms with Gasteiger partial charge in [-0.25, -0.2) is 8.42 Å². The molecular weight excluding hydrogens is 332 g/mol. The summed E-state index contributed by atoms with van der Waals surface area (Å²) in [5.74, 6) is -0.292. The number of amides is 1. The van der Waals surface area contributed by atoms with E-state index in [9.17, 15) is 13.2 Å². The van der Waals surface area contributed by atoms with Crippen LogP contribution >= 0.6 is 11.3 Å². The predicted molar refractivity (Wildman–Crippen MR) is 93.5 cm³/mol. The molecule has 124 valence electrons. The molecule has 0 fully saturated rings. The smallest absolute Gasteiger partial charge is 0.271 e. The van der Waals surface area contributed by atoms with Crippen molar-refractivity contribution in [3.63, 3.8) is 0 Å². The second-order valence-corrected chi connectivity index (χ2v) is 8.50. The van der Waals surface area contributed by atoms with E-state index in [1.54, 1.807) is 36.4 Å². The highest BCUT2D eigenvalue weighted by Gasteiger charge is 2.20. The van der Waals surface area contributed by atoms with Crippen LogP contribution in [0.3, 0.4) is 0 Å². The molecule has 0 saturated carbocycles. The van der Waals surface area contributed by atoms with Gasteiger partial charge in [0.05, 0.1) is 11.3 Å². The van der Waals surface area contributed by atoms with Crippen LogP contribution in [-0.4, -0.2) is 20.4 Å². The minimum atomic E-state index is -3.69. The number of carbonyl (C=O) groups excluding carboxylic acids is 1. The van der Waals surface area contributed by atoms with Gasteiger partial charge in [-0.05, 0) is 44.5 Å². The summed E-state index contributed by atoms with van der Waals surface area (Å²) in [4.78, 5) is 13.2. The van der Waals surface area contributed by atoms with Crippen LogP contribution in [0.25, 0.3) is 0 Å². The highest BCUT2D eigenvalue weighted by atomic mass is 32.2. The zero-order chi connectivity index (χ0) is 17.0. The summed E-state index contributed by atoms with van der Waals surface area (Å²) in [6.07, 6.45) is 0.800. The average molecular weight is 352 g/mol. The van der Waals surface area contributed by atoms with Crippen molar-refractivity contribution in [2.24, 2.45) is 0 Å². The normalized spacial score (nSPS) is 12.7. The van der Waals surface area contributed by atoms with Crippen LogP contribution in [0.15, 0.2) is 40.6 Å². The maximum atomic E-state index is 12.4. The minimum absolute atomic E-state index is 0.0205. The van der Waals surface area contributed by atoms with E-state index >= 15 is 0 Å². The third-order valence-corrected chi connectivity index (χ3v) is 6.24. The molecule has 2 N–H and O–H groups in total. The van der Waals surface area contributed by atoms with Crippen molar-refractivity contribution in [3.8, 4) is 0 Å². The number of nitrogens with one attached hydrogen (secondary N) is 2. The van der Waals surface area contributed by atoms with E-state index in [-0.39, 0.29) is 21.8 Å². The molecule has 5 nitrogen and oxygen atoms in total. The highest BCUT2D eigenvalue weighted by molar-refractivity contribution is 7.94. The minimum Gasteiger partial charge on any atom is -0.350 e. The van der Waals surface area contributed by atoms with E-state index in [0.717, 1.165) is 11.3 Å². The standard InChI is InChI=1S/C16H20N2O3S2/c1-4-11(2)17-16(19)13-7-5-6-8-14(13)18-23(20,21)15-10-9-12(3)22-15/h5-11,18H,4H2,1-3H3,(H,17,19). The van der Waals surface area contributed by atoms with Gasteiger partial charge in [0.15, 0.2) is 0 Å². The molecule has 0 aliphatic carbocycles. The summed E-state index contributed by atoms with van der Waals surface area (Å²) in [5, 5.41) is 2.84. The Morgan fingerprint density at radius 1 is 1.22 bits per heavy atom. The molecule has 1 amide bonds. The molecule has 2 rings (SSSR count). The Bertz CT molecular complexity index is 797. The lowest BCUT2D eigenvalue weighted by molar-refractivity contribution is 0.0940. The van der Waals surface area contributed by atoms with E-state index in [1.807, 2.05) is 20.8 Å². The number of rotatable bonds is 6. The number of hydrogen-bond donors (Lipinski definition) is 2. The summed E-state index contributed by atoms with van der Waals surface area (Å²) in [5.41, 5.74) is 0.587. The van der Waals surface area contributed by atoms with Crippen molar-refractivity contribution in [1.29, 1.82) is 0 Å². The van der Waals surface area contributed by atoms with Crippen LogP contribution in [0.4, 0.5) is 5.69 Å². The van der Waals surface area contributed by atoms with Crippen LogP contribution in [-0.2, 0) is 10.0 Å². The molecule has 1 unspecified atom stereocenters. The van der Waals surface area contributed by atoms with Crippen molar-refractivity contribution in [2.45, 2.75) is 37.4 Å². The molecule has 0 bridgehead atoms. The molecule has 7 heteroatoms. The van der Waals surface area contributed by atoms with Crippen LogP contribution in [0.1, 0.15) is 35.5 Å². The Labute approximate surface area is 140 Å². The molecule has 0 spiro atoms. The van der Waals surface area contributed by atoms with Gasteiger partial charge < -0.3 is 5.32 Å². The van der Waals surface area contributed by atoms with Gasteiger partial charge >= 0.3 is 0 Å². The summed E-state index contributed by atoms with van der Waals surface area (Å²) in [6.45, 7) is 5.72. The number of carbonyl (C=O) groups is 1. The van der Waals surface area contributed by atoms with Crippen molar-refractivity contribution in [2.75, 3.05) is 4.72 Å². The van der Waals surface area contributed by atoms with Crippen molar-refractivity contribution in [3.05, 3.63) is 46.8 Å². The Balaban J connectivity index is 2.29. The molecule has 1 aromatic heterocycles. The SMILES string of the molecule is CCC(C)NC(=O)c1ccccc1NS(=O)(=O)c1ccc(C)s1. The third-order valence-electron chi connectivity index (χ3n) is 3.39. The molecule has 0 aliphatic rings. The predicted octanol–water partition coefficient (Wildman–Crippen LogP) is 3.39. The summed E-state index contributed by atoms with van der Waals surface area (Å²) >= 11 is 1.19. The monoisotopic (exact) mass is 352 g/mol. The van der Waals surface area contributed by atoms with Gasteiger partial charge in [-0.2, -0.15) is 0 Å². The zero-order valence-electron chi connectivity index (χ0n) is 13.3. The van der Waals surface area contributed by atoms with Gasteiger partial charge in [-0.15, -0.1) is 11.3 Å². The van der Waals surface area contributed by atoms with E-state index in [0.29, 0.717) is 5.56 Å². The topological polar surface area (TPSA) is 75.3 Å². The molecule has 1 heterocycles. The number of benzene rings is 1. The second kappa shape index (κ2) is 7.14. The molecule has 0 radical (unpaired) electrons. The van der Waals surface area contributed by atoms with Gasteiger partial charge in [0, 0.05) is 10.9 Å².